The Labute approximate surface area is 151 Å². The van der Waals surface area contributed by atoms with Crippen LogP contribution in [-0.4, -0.2) is 25.7 Å². The van der Waals surface area contributed by atoms with Crippen molar-refractivity contribution in [3.8, 4) is 0 Å². The molecule has 1 N–H and O–H groups in total. The molecule has 0 spiro atoms. The van der Waals surface area contributed by atoms with Gasteiger partial charge in [0.25, 0.3) is 5.56 Å². The Morgan fingerprint density at radius 3 is 2.76 bits per heavy atom. The highest BCUT2D eigenvalue weighted by Gasteiger charge is 2.22. The van der Waals surface area contributed by atoms with Gasteiger partial charge in [-0.15, -0.1) is 21.5 Å². The third-order valence-corrected chi connectivity index (χ3v) is 6.28. The number of hydrogen-bond acceptors (Lipinski definition) is 7. The lowest BCUT2D eigenvalue weighted by atomic mass is 9.97. The van der Waals surface area contributed by atoms with Gasteiger partial charge in [-0.3, -0.25) is 19.5 Å². The van der Waals surface area contributed by atoms with Gasteiger partial charge in [0.2, 0.25) is 11.0 Å². The van der Waals surface area contributed by atoms with Crippen LogP contribution in [0.25, 0.3) is 10.2 Å². The first-order valence-electron chi connectivity index (χ1n) is 8.14. The van der Waals surface area contributed by atoms with Gasteiger partial charge < -0.3 is 0 Å². The van der Waals surface area contributed by atoms with Gasteiger partial charge in [0, 0.05) is 4.88 Å². The van der Waals surface area contributed by atoms with Crippen molar-refractivity contribution in [3.05, 3.63) is 31.6 Å². The van der Waals surface area contributed by atoms with E-state index in [0.717, 1.165) is 41.1 Å². The van der Waals surface area contributed by atoms with Gasteiger partial charge in [-0.05, 0) is 45.1 Å². The van der Waals surface area contributed by atoms with Crippen LogP contribution in [0.5, 0.6) is 0 Å². The number of amides is 1. The fourth-order valence-electron chi connectivity index (χ4n) is 3.18. The van der Waals surface area contributed by atoms with Crippen molar-refractivity contribution in [2.75, 3.05) is 5.32 Å². The third-order valence-electron chi connectivity index (χ3n) is 4.34. The van der Waals surface area contributed by atoms with Crippen LogP contribution in [0.2, 0.25) is 0 Å². The minimum absolute atomic E-state index is 0.0726. The summed E-state index contributed by atoms with van der Waals surface area (Å²) in [5.74, 6) is 0.256. The van der Waals surface area contributed by atoms with E-state index in [1.807, 2.05) is 6.92 Å². The average Bonchev–Trinajstić information content (AvgIpc) is 3.14. The number of nitrogens with zero attached hydrogens (tertiary/aromatic N) is 4. The molecule has 0 aliphatic heterocycles. The van der Waals surface area contributed by atoms with E-state index in [-0.39, 0.29) is 18.0 Å². The standard InChI is InChI=1S/C16H17N5O2S2/c1-8-17-14-13(10-5-3-4-6-11(10)25-14)15(23)21(8)7-12(22)18-16-20-19-9(2)24-16/h3-7H2,1-2H3,(H,18,20,22). The van der Waals surface area contributed by atoms with E-state index in [9.17, 15) is 9.59 Å². The van der Waals surface area contributed by atoms with Gasteiger partial charge in [-0.25, -0.2) is 4.98 Å². The lowest BCUT2D eigenvalue weighted by molar-refractivity contribution is -0.116. The van der Waals surface area contributed by atoms with Gasteiger partial charge >= 0.3 is 0 Å². The van der Waals surface area contributed by atoms with Crippen LogP contribution >= 0.6 is 22.7 Å². The van der Waals surface area contributed by atoms with Gasteiger partial charge in [0.05, 0.1) is 5.39 Å². The van der Waals surface area contributed by atoms with Crippen molar-refractivity contribution in [1.29, 1.82) is 0 Å². The average molecular weight is 375 g/mol. The van der Waals surface area contributed by atoms with Crippen LogP contribution < -0.4 is 10.9 Å². The monoisotopic (exact) mass is 375 g/mol. The first-order valence-corrected chi connectivity index (χ1v) is 9.78. The van der Waals surface area contributed by atoms with Crippen molar-refractivity contribution in [2.24, 2.45) is 0 Å². The van der Waals surface area contributed by atoms with Crippen molar-refractivity contribution >= 4 is 43.9 Å². The zero-order chi connectivity index (χ0) is 17.6. The van der Waals surface area contributed by atoms with Crippen LogP contribution in [0.1, 0.15) is 34.1 Å². The first kappa shape index (κ1) is 16.3. The summed E-state index contributed by atoms with van der Waals surface area (Å²) in [6.45, 7) is 3.51. The number of fused-ring (bicyclic) bond motifs is 3. The van der Waals surface area contributed by atoms with Crippen LogP contribution in [0.15, 0.2) is 4.79 Å². The number of thiophene rings is 1. The van der Waals surface area contributed by atoms with Crippen molar-refractivity contribution in [2.45, 2.75) is 46.1 Å². The highest BCUT2D eigenvalue weighted by atomic mass is 32.1. The summed E-state index contributed by atoms with van der Waals surface area (Å²) in [6.07, 6.45) is 4.21. The summed E-state index contributed by atoms with van der Waals surface area (Å²) in [5.41, 5.74) is 1.02. The number of carbonyl (C=O) groups is 1. The third kappa shape index (κ3) is 2.98. The van der Waals surface area contributed by atoms with E-state index in [0.29, 0.717) is 16.3 Å². The SMILES string of the molecule is Cc1nnc(NC(=O)Cn2c(C)nc3sc4c(c3c2=O)CCCC4)s1. The second-order valence-electron chi connectivity index (χ2n) is 6.12. The number of anilines is 1. The predicted octanol–water partition coefficient (Wildman–Crippen LogP) is 2.44. The zero-order valence-corrected chi connectivity index (χ0v) is 15.6. The molecule has 7 nitrogen and oxygen atoms in total. The molecule has 3 heterocycles. The summed E-state index contributed by atoms with van der Waals surface area (Å²) in [5, 5.41) is 12.3. The molecule has 4 rings (SSSR count). The molecule has 9 heteroatoms. The molecule has 0 bridgehead atoms. The second kappa shape index (κ2) is 6.30. The van der Waals surface area contributed by atoms with Crippen LogP contribution in [0.4, 0.5) is 5.13 Å². The smallest absolute Gasteiger partial charge is 0.263 e. The van der Waals surface area contributed by atoms with E-state index in [2.05, 4.69) is 20.5 Å². The molecule has 0 aromatic carbocycles. The number of hydrogen-bond donors (Lipinski definition) is 1. The van der Waals surface area contributed by atoms with Crippen molar-refractivity contribution in [3.63, 3.8) is 0 Å². The lowest BCUT2D eigenvalue weighted by Crippen LogP contribution is -2.30. The first-order chi connectivity index (χ1) is 12.0. The van der Waals surface area contributed by atoms with Crippen LogP contribution in [0, 0.1) is 13.8 Å². The van der Waals surface area contributed by atoms with Crippen molar-refractivity contribution < 1.29 is 4.79 Å². The molecular formula is C16H17N5O2S2. The summed E-state index contributed by atoms with van der Waals surface area (Å²) in [4.78, 5) is 32.0. The summed E-state index contributed by atoms with van der Waals surface area (Å²) < 4.78 is 1.45. The Bertz CT molecular complexity index is 1030. The molecule has 0 saturated carbocycles. The van der Waals surface area contributed by atoms with Gasteiger partial charge in [0.1, 0.15) is 22.2 Å². The summed E-state index contributed by atoms with van der Waals surface area (Å²) in [7, 11) is 0. The Morgan fingerprint density at radius 1 is 1.20 bits per heavy atom. The number of aryl methyl sites for hydroxylation is 4. The van der Waals surface area contributed by atoms with E-state index >= 15 is 0 Å². The molecule has 3 aromatic rings. The molecule has 0 unspecified atom stereocenters. The molecule has 0 fully saturated rings. The number of aromatic nitrogens is 4. The number of rotatable bonds is 3. The fraction of sp³-hybridized carbons (Fsp3) is 0.438. The van der Waals surface area contributed by atoms with E-state index < -0.39 is 0 Å². The largest absolute Gasteiger partial charge is 0.299 e. The Kier molecular flexibility index (Phi) is 4.12. The summed E-state index contributed by atoms with van der Waals surface area (Å²) >= 11 is 2.92. The minimum Gasteiger partial charge on any atom is -0.299 e. The van der Waals surface area contributed by atoms with Crippen LogP contribution in [0.3, 0.4) is 0 Å². The lowest BCUT2D eigenvalue weighted by Gasteiger charge is -2.11. The van der Waals surface area contributed by atoms with E-state index in [1.165, 1.54) is 20.8 Å². The maximum atomic E-state index is 13.0. The predicted molar refractivity (Wildman–Crippen MR) is 98.5 cm³/mol. The molecule has 3 aromatic heterocycles. The zero-order valence-electron chi connectivity index (χ0n) is 14.0. The fourth-order valence-corrected chi connectivity index (χ4v) is 5.08. The molecular weight excluding hydrogens is 358 g/mol. The molecule has 1 amide bonds. The normalized spacial score (nSPS) is 13.8. The van der Waals surface area contributed by atoms with E-state index in [4.69, 9.17) is 0 Å². The Balaban J connectivity index is 1.69. The van der Waals surface area contributed by atoms with Gasteiger partial charge in [-0.2, -0.15) is 0 Å². The topological polar surface area (TPSA) is 89.8 Å². The maximum absolute atomic E-state index is 13.0. The summed E-state index contributed by atoms with van der Waals surface area (Å²) in [6, 6.07) is 0. The Hall–Kier alpha value is -2.13. The highest BCUT2D eigenvalue weighted by molar-refractivity contribution is 7.18. The van der Waals surface area contributed by atoms with Crippen molar-refractivity contribution in [1.82, 2.24) is 19.7 Å². The van der Waals surface area contributed by atoms with Gasteiger partial charge in [0.15, 0.2) is 0 Å². The minimum atomic E-state index is -0.299. The maximum Gasteiger partial charge on any atom is 0.263 e. The highest BCUT2D eigenvalue weighted by Crippen LogP contribution is 2.33. The number of carbonyl (C=O) groups excluding carboxylic acids is 1. The van der Waals surface area contributed by atoms with Crippen LogP contribution in [-0.2, 0) is 24.2 Å². The molecule has 25 heavy (non-hydrogen) atoms. The molecule has 1 aliphatic rings. The molecule has 0 atom stereocenters. The molecule has 0 radical (unpaired) electrons. The quantitative estimate of drug-likeness (QED) is 0.759. The second-order valence-corrected chi connectivity index (χ2v) is 8.38. The molecule has 130 valence electrons. The molecule has 1 aliphatic carbocycles. The van der Waals surface area contributed by atoms with Gasteiger partial charge in [-0.1, -0.05) is 11.3 Å². The number of nitrogens with one attached hydrogen (secondary N) is 1. The molecule has 0 saturated heterocycles. The van der Waals surface area contributed by atoms with E-state index in [1.54, 1.807) is 18.3 Å². The Morgan fingerprint density at radius 2 is 2.00 bits per heavy atom.